The highest BCUT2D eigenvalue weighted by Gasteiger charge is 2.64. The molecule has 3 aliphatic rings. The number of carbonyl (C=O) groups is 2. The van der Waals surface area contributed by atoms with Crippen molar-refractivity contribution in [1.29, 1.82) is 0 Å². The van der Waals surface area contributed by atoms with Gasteiger partial charge in [-0.2, -0.15) is 0 Å². The molecule has 0 amide bonds. The average Bonchev–Trinajstić information content (AvgIpc) is 3.10. The summed E-state index contributed by atoms with van der Waals surface area (Å²) in [7, 11) is 0. The standard InChI is InChI=1S/C28H41NO6/c1-18(31)34-17-20-15-21(35-19(2)32)8-11-26(20,3)23-9-12-27(4)24(22(23)16-30)10-13-28(27,33)25-7-5-6-14-29-25/h5-7,14,20-24,30,33H,8-13,15-17H2,1-4H3. The Balaban J connectivity index is 1.62. The minimum Gasteiger partial charge on any atom is -0.466 e. The number of aromatic nitrogens is 1. The lowest BCUT2D eigenvalue weighted by Crippen LogP contribution is -2.55. The van der Waals surface area contributed by atoms with E-state index in [1.54, 1.807) is 6.20 Å². The first-order chi connectivity index (χ1) is 16.5. The van der Waals surface area contributed by atoms with E-state index in [-0.39, 0.29) is 65.8 Å². The second-order valence-electron chi connectivity index (χ2n) is 11.6. The van der Waals surface area contributed by atoms with Crippen LogP contribution >= 0.6 is 0 Å². The zero-order valence-corrected chi connectivity index (χ0v) is 21.5. The molecule has 3 fully saturated rings. The lowest BCUT2D eigenvalue weighted by molar-refractivity contribution is -0.170. The van der Waals surface area contributed by atoms with E-state index < -0.39 is 5.60 Å². The van der Waals surface area contributed by atoms with Crippen LogP contribution in [0.1, 0.15) is 78.3 Å². The smallest absolute Gasteiger partial charge is 0.302 e. The molecule has 0 spiro atoms. The number of ether oxygens (including phenoxy) is 2. The Bertz CT molecular complexity index is 923. The van der Waals surface area contributed by atoms with Crippen molar-refractivity contribution < 1.29 is 29.3 Å². The summed E-state index contributed by atoms with van der Waals surface area (Å²) in [6.45, 7) is 7.64. The number of aliphatic hydroxyl groups is 2. The Morgan fingerprint density at radius 2 is 1.80 bits per heavy atom. The third kappa shape index (κ3) is 4.50. The Labute approximate surface area is 208 Å². The van der Waals surface area contributed by atoms with Crippen LogP contribution in [0.5, 0.6) is 0 Å². The van der Waals surface area contributed by atoms with E-state index in [4.69, 9.17) is 9.47 Å². The van der Waals surface area contributed by atoms with Gasteiger partial charge in [0.05, 0.1) is 12.3 Å². The van der Waals surface area contributed by atoms with Gasteiger partial charge in [-0.05, 0) is 80.2 Å². The van der Waals surface area contributed by atoms with Crippen LogP contribution in [-0.2, 0) is 24.7 Å². The molecule has 4 rings (SSSR count). The maximum absolute atomic E-state index is 12.0. The lowest BCUT2D eigenvalue weighted by Gasteiger charge is -2.58. The number of esters is 2. The number of carbonyl (C=O) groups excluding carboxylic acids is 2. The fourth-order valence-corrected chi connectivity index (χ4v) is 8.09. The van der Waals surface area contributed by atoms with Gasteiger partial charge in [0.1, 0.15) is 11.7 Å². The monoisotopic (exact) mass is 487 g/mol. The first-order valence-electron chi connectivity index (χ1n) is 13.1. The summed E-state index contributed by atoms with van der Waals surface area (Å²) < 4.78 is 11.1. The molecule has 0 bridgehead atoms. The number of nitrogens with zero attached hydrogens (tertiary/aromatic N) is 1. The molecule has 2 N–H and O–H groups in total. The maximum Gasteiger partial charge on any atom is 0.302 e. The van der Waals surface area contributed by atoms with E-state index in [1.807, 2.05) is 18.2 Å². The van der Waals surface area contributed by atoms with Crippen LogP contribution in [0.3, 0.4) is 0 Å². The van der Waals surface area contributed by atoms with Crippen molar-refractivity contribution in [3.63, 3.8) is 0 Å². The Morgan fingerprint density at radius 3 is 2.43 bits per heavy atom. The number of aliphatic hydroxyl groups excluding tert-OH is 1. The molecule has 0 aliphatic heterocycles. The van der Waals surface area contributed by atoms with Crippen molar-refractivity contribution in [2.45, 2.75) is 84.3 Å². The summed E-state index contributed by atoms with van der Waals surface area (Å²) in [6, 6.07) is 5.71. The number of pyridine rings is 1. The predicted molar refractivity (Wildman–Crippen MR) is 130 cm³/mol. The van der Waals surface area contributed by atoms with Crippen LogP contribution in [0.15, 0.2) is 24.4 Å². The largest absolute Gasteiger partial charge is 0.466 e. The molecule has 35 heavy (non-hydrogen) atoms. The zero-order valence-electron chi connectivity index (χ0n) is 21.5. The molecular weight excluding hydrogens is 446 g/mol. The van der Waals surface area contributed by atoms with Gasteiger partial charge in [-0.3, -0.25) is 14.6 Å². The van der Waals surface area contributed by atoms with E-state index in [9.17, 15) is 19.8 Å². The fraction of sp³-hybridized carbons (Fsp3) is 0.750. The number of fused-ring (bicyclic) bond motifs is 1. The summed E-state index contributed by atoms with van der Waals surface area (Å²) in [5, 5.41) is 22.7. The molecule has 7 heteroatoms. The van der Waals surface area contributed by atoms with Gasteiger partial charge in [0.25, 0.3) is 0 Å². The molecule has 0 saturated heterocycles. The summed E-state index contributed by atoms with van der Waals surface area (Å²) in [4.78, 5) is 27.8. The Morgan fingerprint density at radius 1 is 1.06 bits per heavy atom. The van der Waals surface area contributed by atoms with Crippen molar-refractivity contribution >= 4 is 11.9 Å². The van der Waals surface area contributed by atoms with Gasteiger partial charge in [0, 0.05) is 38.0 Å². The molecular formula is C28H41NO6. The van der Waals surface area contributed by atoms with E-state index in [1.165, 1.54) is 13.8 Å². The minimum absolute atomic E-state index is 0.0293. The van der Waals surface area contributed by atoms with Gasteiger partial charge in [-0.15, -0.1) is 0 Å². The van der Waals surface area contributed by atoms with Crippen LogP contribution < -0.4 is 0 Å². The predicted octanol–water partition coefficient (Wildman–Crippen LogP) is 4.01. The van der Waals surface area contributed by atoms with E-state index in [0.29, 0.717) is 12.8 Å². The summed E-state index contributed by atoms with van der Waals surface area (Å²) in [5.41, 5.74) is -0.836. The normalized spacial score (nSPS) is 41.1. The van der Waals surface area contributed by atoms with Crippen LogP contribution in [0.4, 0.5) is 0 Å². The SMILES string of the molecule is CC(=O)OCC1CC(OC(C)=O)CCC1(C)C1CCC2(C)C(CCC2(O)c2ccccn2)C1CO. The van der Waals surface area contributed by atoms with Crippen molar-refractivity contribution in [2.24, 2.45) is 34.5 Å². The van der Waals surface area contributed by atoms with E-state index in [2.05, 4.69) is 18.8 Å². The Hall–Kier alpha value is -1.99. The van der Waals surface area contributed by atoms with Crippen LogP contribution in [0.25, 0.3) is 0 Å². The van der Waals surface area contributed by atoms with Gasteiger partial charge in [0.2, 0.25) is 0 Å². The van der Waals surface area contributed by atoms with Crippen molar-refractivity contribution in [3.05, 3.63) is 30.1 Å². The van der Waals surface area contributed by atoms with Gasteiger partial charge >= 0.3 is 11.9 Å². The molecule has 194 valence electrons. The van der Waals surface area contributed by atoms with Gasteiger partial charge in [-0.1, -0.05) is 19.9 Å². The fourth-order valence-electron chi connectivity index (χ4n) is 8.09. The van der Waals surface area contributed by atoms with Gasteiger partial charge in [-0.25, -0.2) is 0 Å². The average molecular weight is 488 g/mol. The summed E-state index contributed by atoms with van der Waals surface area (Å²) in [6.07, 6.45) is 7.01. The third-order valence-corrected chi connectivity index (χ3v) is 10.0. The highest BCUT2D eigenvalue weighted by atomic mass is 16.5. The summed E-state index contributed by atoms with van der Waals surface area (Å²) >= 11 is 0. The lowest BCUT2D eigenvalue weighted by atomic mass is 9.48. The first-order valence-corrected chi connectivity index (χ1v) is 13.1. The van der Waals surface area contributed by atoms with Crippen LogP contribution in [0, 0.1) is 34.5 Å². The van der Waals surface area contributed by atoms with Crippen molar-refractivity contribution in [2.75, 3.05) is 13.2 Å². The van der Waals surface area contributed by atoms with Gasteiger partial charge < -0.3 is 19.7 Å². The molecule has 1 aromatic heterocycles. The van der Waals surface area contributed by atoms with E-state index >= 15 is 0 Å². The molecule has 1 aromatic rings. The Kier molecular flexibility index (Phi) is 7.31. The molecule has 3 saturated carbocycles. The molecule has 0 radical (unpaired) electrons. The molecule has 0 aromatic carbocycles. The first kappa shape index (κ1) is 26.1. The molecule has 8 atom stereocenters. The maximum atomic E-state index is 12.0. The minimum atomic E-state index is -1.01. The molecule has 8 unspecified atom stereocenters. The number of hydrogen-bond acceptors (Lipinski definition) is 7. The van der Waals surface area contributed by atoms with Crippen molar-refractivity contribution in [1.82, 2.24) is 4.98 Å². The number of rotatable bonds is 6. The van der Waals surface area contributed by atoms with Crippen LogP contribution in [-0.4, -0.2) is 46.5 Å². The zero-order chi connectivity index (χ0) is 25.4. The van der Waals surface area contributed by atoms with E-state index in [0.717, 1.165) is 37.8 Å². The van der Waals surface area contributed by atoms with Crippen LogP contribution in [0.2, 0.25) is 0 Å². The highest BCUT2D eigenvalue weighted by molar-refractivity contribution is 5.66. The van der Waals surface area contributed by atoms with Crippen molar-refractivity contribution in [3.8, 4) is 0 Å². The molecule has 1 heterocycles. The van der Waals surface area contributed by atoms with Gasteiger partial charge in [0.15, 0.2) is 0 Å². The topological polar surface area (TPSA) is 106 Å². The quantitative estimate of drug-likeness (QED) is 0.584. The second kappa shape index (κ2) is 9.81. The summed E-state index contributed by atoms with van der Waals surface area (Å²) in [5.74, 6) is -0.156. The third-order valence-electron chi connectivity index (χ3n) is 10.0. The second-order valence-corrected chi connectivity index (χ2v) is 11.6. The number of hydrogen-bond donors (Lipinski definition) is 2. The highest BCUT2D eigenvalue weighted by Crippen LogP contribution is 2.67. The molecule has 3 aliphatic carbocycles. The molecule has 7 nitrogen and oxygen atoms in total.